The minimum Gasteiger partial charge on any atom is -0.417 e. The van der Waals surface area contributed by atoms with E-state index in [1.54, 1.807) is 18.2 Å². The third-order valence-electron chi connectivity index (χ3n) is 3.20. The number of nitriles is 1. The minimum absolute atomic E-state index is 0.189. The van der Waals surface area contributed by atoms with Crippen molar-refractivity contribution in [3.05, 3.63) is 76.1 Å². The highest BCUT2D eigenvalue weighted by molar-refractivity contribution is 6.04. The van der Waals surface area contributed by atoms with Crippen LogP contribution in [0.4, 0.5) is 10.1 Å². The first-order chi connectivity index (χ1) is 11.1. The number of hydrogen-bond acceptors (Lipinski definition) is 4. The fourth-order valence-corrected chi connectivity index (χ4v) is 2.14. The van der Waals surface area contributed by atoms with Gasteiger partial charge in [0.1, 0.15) is 5.82 Å². The monoisotopic (exact) mass is 308 g/mol. The van der Waals surface area contributed by atoms with Crippen molar-refractivity contribution < 1.29 is 13.6 Å². The SMILES string of the molecule is N#Cc1cccc(NC(=O)c2cc3cc(F)ccc3c(=O)o2)c1. The van der Waals surface area contributed by atoms with E-state index in [0.717, 1.165) is 12.1 Å². The second-order valence-electron chi connectivity index (χ2n) is 4.78. The lowest BCUT2D eigenvalue weighted by atomic mass is 10.1. The minimum atomic E-state index is -0.724. The van der Waals surface area contributed by atoms with Crippen LogP contribution in [-0.4, -0.2) is 5.91 Å². The predicted molar refractivity (Wildman–Crippen MR) is 81.6 cm³/mol. The first kappa shape index (κ1) is 14.5. The van der Waals surface area contributed by atoms with Crippen molar-refractivity contribution in [2.75, 3.05) is 5.32 Å². The molecule has 23 heavy (non-hydrogen) atoms. The fraction of sp³-hybridized carbons (Fsp3) is 0. The van der Waals surface area contributed by atoms with Crippen LogP contribution in [0.2, 0.25) is 0 Å². The molecule has 0 fully saturated rings. The summed E-state index contributed by atoms with van der Waals surface area (Å²) in [6.45, 7) is 0. The lowest BCUT2D eigenvalue weighted by Gasteiger charge is -2.05. The zero-order valence-electron chi connectivity index (χ0n) is 11.7. The number of nitrogens with zero attached hydrogens (tertiary/aromatic N) is 1. The highest BCUT2D eigenvalue weighted by atomic mass is 19.1. The molecule has 1 N–H and O–H groups in total. The molecule has 1 amide bonds. The van der Waals surface area contributed by atoms with E-state index in [9.17, 15) is 14.0 Å². The number of amides is 1. The molecule has 0 aliphatic carbocycles. The van der Waals surface area contributed by atoms with Gasteiger partial charge in [-0.1, -0.05) is 6.07 Å². The normalized spacial score (nSPS) is 10.3. The highest BCUT2D eigenvalue weighted by Gasteiger charge is 2.13. The number of carbonyl (C=O) groups excluding carboxylic acids is 1. The Kier molecular flexibility index (Phi) is 3.61. The van der Waals surface area contributed by atoms with Crippen molar-refractivity contribution in [1.82, 2.24) is 0 Å². The molecular formula is C17H9FN2O3. The van der Waals surface area contributed by atoms with Gasteiger partial charge in [0.2, 0.25) is 0 Å². The molecule has 0 aliphatic rings. The van der Waals surface area contributed by atoms with E-state index >= 15 is 0 Å². The number of benzene rings is 2. The Morgan fingerprint density at radius 3 is 2.78 bits per heavy atom. The van der Waals surface area contributed by atoms with Gasteiger partial charge in [-0.2, -0.15) is 5.26 Å². The lowest BCUT2D eigenvalue weighted by molar-refractivity contribution is 0.0993. The van der Waals surface area contributed by atoms with E-state index < -0.39 is 17.3 Å². The summed E-state index contributed by atoms with van der Waals surface area (Å²) < 4.78 is 18.2. The van der Waals surface area contributed by atoms with Gasteiger partial charge in [-0.05, 0) is 47.9 Å². The van der Waals surface area contributed by atoms with Gasteiger partial charge in [0.15, 0.2) is 5.76 Å². The summed E-state index contributed by atoms with van der Waals surface area (Å²) in [4.78, 5) is 24.0. The molecule has 0 aliphatic heterocycles. The van der Waals surface area contributed by atoms with E-state index in [2.05, 4.69) is 5.32 Å². The summed E-state index contributed by atoms with van der Waals surface area (Å²) in [6.07, 6.45) is 0. The largest absolute Gasteiger partial charge is 0.417 e. The molecule has 0 radical (unpaired) electrons. The van der Waals surface area contributed by atoms with Crippen molar-refractivity contribution in [1.29, 1.82) is 5.26 Å². The Hall–Kier alpha value is -3.46. The maximum Gasteiger partial charge on any atom is 0.344 e. The molecular weight excluding hydrogens is 299 g/mol. The Labute approximate surface area is 129 Å². The van der Waals surface area contributed by atoms with Crippen LogP contribution in [0.1, 0.15) is 16.1 Å². The summed E-state index contributed by atoms with van der Waals surface area (Å²) >= 11 is 0. The van der Waals surface area contributed by atoms with Gasteiger partial charge in [-0.15, -0.1) is 0 Å². The number of carbonyl (C=O) groups is 1. The third kappa shape index (κ3) is 2.94. The maximum absolute atomic E-state index is 13.3. The number of nitrogens with one attached hydrogen (secondary N) is 1. The van der Waals surface area contributed by atoms with Crippen molar-refractivity contribution in [3.8, 4) is 6.07 Å². The van der Waals surface area contributed by atoms with Crippen LogP contribution in [0.25, 0.3) is 10.8 Å². The van der Waals surface area contributed by atoms with Gasteiger partial charge in [0.05, 0.1) is 17.0 Å². The van der Waals surface area contributed by atoms with E-state index in [0.29, 0.717) is 11.3 Å². The van der Waals surface area contributed by atoms with Crippen LogP contribution in [0.3, 0.4) is 0 Å². The van der Waals surface area contributed by atoms with Crippen LogP contribution < -0.4 is 10.9 Å². The predicted octanol–water partition coefficient (Wildman–Crippen LogP) is 3.06. The van der Waals surface area contributed by atoms with Crippen LogP contribution in [0, 0.1) is 17.1 Å². The molecule has 3 rings (SSSR count). The lowest BCUT2D eigenvalue weighted by Crippen LogP contribution is -2.15. The molecule has 112 valence electrons. The van der Waals surface area contributed by atoms with E-state index in [-0.39, 0.29) is 16.5 Å². The summed E-state index contributed by atoms with van der Waals surface area (Å²) in [5.41, 5.74) is 0.0410. The molecule has 1 heterocycles. The Bertz CT molecular complexity index is 1020. The second-order valence-corrected chi connectivity index (χ2v) is 4.78. The quantitative estimate of drug-likeness (QED) is 0.788. The van der Waals surface area contributed by atoms with Crippen LogP contribution in [0.5, 0.6) is 0 Å². The molecule has 5 nitrogen and oxygen atoms in total. The van der Waals surface area contributed by atoms with Gasteiger partial charge < -0.3 is 9.73 Å². The zero-order valence-corrected chi connectivity index (χ0v) is 11.7. The van der Waals surface area contributed by atoms with Gasteiger partial charge in [-0.25, -0.2) is 9.18 Å². The molecule has 0 saturated heterocycles. The molecule has 3 aromatic rings. The average Bonchev–Trinajstić information content (AvgIpc) is 2.54. The highest BCUT2D eigenvalue weighted by Crippen LogP contribution is 2.16. The Balaban J connectivity index is 1.97. The van der Waals surface area contributed by atoms with Crippen LogP contribution >= 0.6 is 0 Å². The molecule has 2 aromatic carbocycles. The fourth-order valence-electron chi connectivity index (χ4n) is 2.14. The third-order valence-corrected chi connectivity index (χ3v) is 3.20. The summed E-state index contributed by atoms with van der Waals surface area (Å²) in [6, 6.07) is 13.1. The Morgan fingerprint density at radius 2 is 2.00 bits per heavy atom. The summed E-state index contributed by atoms with van der Waals surface area (Å²) in [5.74, 6) is -1.42. The number of fused-ring (bicyclic) bond motifs is 1. The molecule has 0 atom stereocenters. The van der Waals surface area contributed by atoms with E-state index in [1.165, 1.54) is 18.2 Å². The molecule has 0 bridgehead atoms. The summed E-state index contributed by atoms with van der Waals surface area (Å²) in [5, 5.41) is 11.8. The number of rotatable bonds is 2. The van der Waals surface area contributed by atoms with E-state index in [1.807, 2.05) is 6.07 Å². The smallest absolute Gasteiger partial charge is 0.344 e. The zero-order chi connectivity index (χ0) is 16.4. The Morgan fingerprint density at radius 1 is 1.17 bits per heavy atom. The molecule has 0 unspecified atom stereocenters. The van der Waals surface area contributed by atoms with Crippen LogP contribution in [-0.2, 0) is 0 Å². The first-order valence-electron chi connectivity index (χ1n) is 6.62. The molecule has 0 spiro atoms. The molecule has 0 saturated carbocycles. The second kappa shape index (κ2) is 5.73. The average molecular weight is 308 g/mol. The van der Waals surface area contributed by atoms with Crippen LogP contribution in [0.15, 0.2) is 57.7 Å². The number of halogens is 1. The van der Waals surface area contributed by atoms with Gasteiger partial charge >= 0.3 is 5.63 Å². The molecule has 1 aromatic heterocycles. The van der Waals surface area contributed by atoms with Crippen molar-refractivity contribution in [2.45, 2.75) is 0 Å². The van der Waals surface area contributed by atoms with Crippen molar-refractivity contribution in [3.63, 3.8) is 0 Å². The summed E-state index contributed by atoms with van der Waals surface area (Å²) in [7, 11) is 0. The van der Waals surface area contributed by atoms with Crippen molar-refractivity contribution in [2.24, 2.45) is 0 Å². The van der Waals surface area contributed by atoms with Crippen molar-refractivity contribution >= 4 is 22.4 Å². The molecule has 6 heteroatoms. The van der Waals surface area contributed by atoms with Gasteiger partial charge in [0, 0.05) is 5.69 Å². The topological polar surface area (TPSA) is 83.1 Å². The van der Waals surface area contributed by atoms with Gasteiger partial charge in [-0.3, -0.25) is 4.79 Å². The first-order valence-corrected chi connectivity index (χ1v) is 6.62. The van der Waals surface area contributed by atoms with E-state index in [4.69, 9.17) is 9.68 Å². The maximum atomic E-state index is 13.3. The van der Waals surface area contributed by atoms with Gasteiger partial charge in [0.25, 0.3) is 5.91 Å². The standard InChI is InChI=1S/C17H9FN2O3/c18-12-4-5-14-11(7-12)8-15(23-17(14)22)16(21)20-13-3-1-2-10(6-13)9-19/h1-8H,(H,20,21). The number of anilines is 1. The number of hydrogen-bond donors (Lipinski definition) is 1.